The molecule has 3 N–H and O–H groups in total. The van der Waals surface area contributed by atoms with Gasteiger partial charge in [0.15, 0.2) is 0 Å². The van der Waals surface area contributed by atoms with Crippen molar-refractivity contribution >= 4 is 33.2 Å². The zero-order valence-electron chi connectivity index (χ0n) is 30.1. The summed E-state index contributed by atoms with van der Waals surface area (Å²) in [5.74, 6) is 0.562. The van der Waals surface area contributed by atoms with Crippen LogP contribution in [-0.2, 0) is 26.6 Å². The summed E-state index contributed by atoms with van der Waals surface area (Å²) in [6, 6.07) is 11.5. The van der Waals surface area contributed by atoms with Crippen LogP contribution in [0.2, 0.25) is 5.02 Å². The Morgan fingerprint density at radius 2 is 1.88 bits per heavy atom. The number of halogens is 1. The minimum Gasteiger partial charge on any atom is -0.490 e. The third-order valence-electron chi connectivity index (χ3n) is 13.3. The van der Waals surface area contributed by atoms with Crippen molar-refractivity contribution in [2.45, 2.75) is 87.9 Å². The van der Waals surface area contributed by atoms with E-state index in [0.717, 1.165) is 68.6 Å². The Bertz CT molecular complexity index is 1770. The average molecular weight is 741 g/mol. The molecule has 0 unspecified atom stereocenters. The zero-order chi connectivity index (χ0) is 36.2. The van der Waals surface area contributed by atoms with Crippen molar-refractivity contribution in [2.75, 3.05) is 44.9 Å². The molecule has 0 radical (unpaired) electrons. The number of hydrogen-bond donors (Lipinski definition) is 3. The van der Waals surface area contributed by atoms with Crippen LogP contribution in [0.15, 0.2) is 48.6 Å². The van der Waals surface area contributed by atoms with Crippen LogP contribution in [0.4, 0.5) is 5.69 Å². The quantitative estimate of drug-likeness (QED) is 0.317. The van der Waals surface area contributed by atoms with E-state index in [9.17, 15) is 23.4 Å². The van der Waals surface area contributed by atoms with Crippen LogP contribution in [0.3, 0.4) is 0 Å². The Balaban J connectivity index is 1.30. The van der Waals surface area contributed by atoms with Gasteiger partial charge in [0.1, 0.15) is 5.75 Å². The lowest BCUT2D eigenvalue weighted by atomic mass is 9.56. The molecule has 278 valence electrons. The normalized spacial score (nSPS) is 33.8. The van der Waals surface area contributed by atoms with E-state index in [1.807, 2.05) is 19.1 Å². The first kappa shape index (κ1) is 36.7. The van der Waals surface area contributed by atoms with E-state index in [1.54, 1.807) is 26.2 Å². The Labute approximate surface area is 307 Å². The molecule has 1 spiro atoms. The molecule has 2 heterocycles. The number of nitrogens with one attached hydrogen (secondary N) is 1. The van der Waals surface area contributed by atoms with Gasteiger partial charge in [-0.15, -0.1) is 0 Å². The standard InChI is InChI=1S/C40H53ClN2O7S/c1-26-6-4-15-40(49-3,20-28-18-38(19-28,23-44)24-45)34-11-8-31(34)21-43-22-39(14-5-7-29-16-32(41)10-12-33(29)39)25-50-36-13-9-30(17-35(36)43)37(46)42-51(47,48)27(26)2/h4,9-10,12-13,15-17,26-28,31,34,44-45H,5-8,11,14,18-25H2,1-3H3,(H,42,46)/b15-4+/t26-,27+,31-,34+,39-,40+/m0/s1. The largest absolute Gasteiger partial charge is 0.490 e. The van der Waals surface area contributed by atoms with E-state index < -0.39 is 32.2 Å². The maximum absolute atomic E-state index is 13.6. The van der Waals surface area contributed by atoms with Crippen molar-refractivity contribution in [1.82, 2.24) is 4.72 Å². The van der Waals surface area contributed by atoms with Gasteiger partial charge in [-0.3, -0.25) is 4.79 Å². The fourth-order valence-corrected chi connectivity index (χ4v) is 11.4. The van der Waals surface area contributed by atoms with E-state index >= 15 is 0 Å². The zero-order valence-corrected chi connectivity index (χ0v) is 31.6. The molecule has 2 aliphatic heterocycles. The predicted octanol–water partition coefficient (Wildman–Crippen LogP) is 6.04. The van der Waals surface area contributed by atoms with Gasteiger partial charge in [-0.2, -0.15) is 0 Å². The molecule has 0 saturated heterocycles. The summed E-state index contributed by atoms with van der Waals surface area (Å²) in [4.78, 5) is 16.0. The lowest BCUT2D eigenvalue weighted by molar-refractivity contribution is -0.121. The van der Waals surface area contributed by atoms with Gasteiger partial charge in [0.25, 0.3) is 5.91 Å². The Kier molecular flexibility index (Phi) is 10.1. The highest BCUT2D eigenvalue weighted by molar-refractivity contribution is 7.90. The van der Waals surface area contributed by atoms with Crippen LogP contribution in [-0.4, -0.2) is 75.4 Å². The molecule has 11 heteroatoms. The highest BCUT2D eigenvalue weighted by Gasteiger charge is 2.53. The van der Waals surface area contributed by atoms with Gasteiger partial charge >= 0.3 is 0 Å². The van der Waals surface area contributed by atoms with Crippen LogP contribution in [0.25, 0.3) is 0 Å². The number of aryl methyl sites for hydroxylation is 1. The Morgan fingerprint density at radius 3 is 2.59 bits per heavy atom. The molecule has 2 fully saturated rings. The number of benzene rings is 2. The highest BCUT2D eigenvalue weighted by Crippen LogP contribution is 2.55. The van der Waals surface area contributed by atoms with Crippen LogP contribution >= 0.6 is 11.6 Å². The summed E-state index contributed by atoms with van der Waals surface area (Å²) in [5, 5.41) is 20.0. The average Bonchev–Trinajstić information content (AvgIpc) is 3.23. The molecule has 2 aromatic rings. The van der Waals surface area contributed by atoms with E-state index in [2.05, 4.69) is 33.9 Å². The number of sulfonamides is 1. The molecule has 9 nitrogen and oxygen atoms in total. The Morgan fingerprint density at radius 1 is 1.10 bits per heavy atom. The molecule has 2 saturated carbocycles. The maximum Gasteiger partial charge on any atom is 0.264 e. The number of carbonyl (C=O) groups is 1. The number of aliphatic hydroxyl groups is 2. The maximum atomic E-state index is 13.6. The van der Waals surface area contributed by atoms with Gasteiger partial charge in [-0.05, 0) is 130 Å². The van der Waals surface area contributed by atoms with Crippen molar-refractivity contribution in [2.24, 2.45) is 29.1 Å². The van der Waals surface area contributed by atoms with Gasteiger partial charge < -0.3 is 24.6 Å². The molecular formula is C40H53ClN2O7S. The first-order valence-corrected chi connectivity index (χ1v) is 20.6. The van der Waals surface area contributed by atoms with E-state index in [0.29, 0.717) is 25.3 Å². The molecule has 5 aliphatic rings. The second-order valence-electron chi connectivity index (χ2n) is 16.5. The van der Waals surface area contributed by atoms with Gasteiger partial charge in [0.2, 0.25) is 10.0 Å². The number of aliphatic hydroxyl groups excluding tert-OH is 2. The molecule has 2 aromatic carbocycles. The lowest BCUT2D eigenvalue weighted by Gasteiger charge is -2.54. The molecule has 51 heavy (non-hydrogen) atoms. The van der Waals surface area contributed by atoms with Crippen molar-refractivity contribution in [3.63, 3.8) is 0 Å². The number of fused-ring (bicyclic) bond motifs is 4. The number of rotatable bonds is 5. The molecule has 0 aromatic heterocycles. The first-order chi connectivity index (χ1) is 24.4. The minimum absolute atomic E-state index is 0.0300. The topological polar surface area (TPSA) is 125 Å². The molecule has 2 bridgehead atoms. The number of hydrogen-bond acceptors (Lipinski definition) is 8. The van der Waals surface area contributed by atoms with Gasteiger partial charge in [0.05, 0.1) is 36.4 Å². The Hall–Kier alpha value is -2.63. The number of methoxy groups -OCH3 is 1. The number of anilines is 1. The van der Waals surface area contributed by atoms with Gasteiger partial charge in [-0.25, -0.2) is 13.1 Å². The van der Waals surface area contributed by atoms with Crippen molar-refractivity contribution < 1.29 is 32.9 Å². The predicted molar refractivity (Wildman–Crippen MR) is 199 cm³/mol. The van der Waals surface area contributed by atoms with E-state index in [1.165, 1.54) is 11.1 Å². The minimum atomic E-state index is -3.98. The number of allylic oxidation sites excluding steroid dienone is 1. The molecule has 3 aliphatic carbocycles. The van der Waals surface area contributed by atoms with Crippen molar-refractivity contribution in [3.8, 4) is 5.75 Å². The summed E-state index contributed by atoms with van der Waals surface area (Å²) in [6.07, 6.45) is 12.0. The number of carbonyl (C=O) groups excluding carboxylic acids is 1. The summed E-state index contributed by atoms with van der Waals surface area (Å²) in [6.45, 7) is 5.39. The van der Waals surface area contributed by atoms with E-state index in [-0.39, 0.29) is 47.9 Å². The fourth-order valence-electron chi connectivity index (χ4n) is 9.94. The molecule has 6 atom stereocenters. The summed E-state index contributed by atoms with van der Waals surface area (Å²) < 4.78 is 42.7. The fraction of sp³-hybridized carbons (Fsp3) is 0.625. The third kappa shape index (κ3) is 6.73. The van der Waals surface area contributed by atoms with E-state index in [4.69, 9.17) is 21.1 Å². The third-order valence-corrected chi connectivity index (χ3v) is 15.5. The van der Waals surface area contributed by atoms with Crippen LogP contribution < -0.4 is 14.4 Å². The smallest absolute Gasteiger partial charge is 0.264 e. The summed E-state index contributed by atoms with van der Waals surface area (Å²) >= 11 is 6.47. The van der Waals surface area contributed by atoms with Gasteiger partial charge in [0, 0.05) is 41.6 Å². The molecular weight excluding hydrogens is 688 g/mol. The molecule has 7 rings (SSSR count). The van der Waals surface area contributed by atoms with Crippen molar-refractivity contribution in [1.29, 1.82) is 0 Å². The highest BCUT2D eigenvalue weighted by atomic mass is 35.5. The number of nitrogens with zero attached hydrogens (tertiary/aromatic N) is 1. The number of ether oxygens (including phenoxy) is 2. The van der Waals surface area contributed by atoms with Crippen LogP contribution in [0, 0.1) is 29.1 Å². The monoisotopic (exact) mass is 740 g/mol. The second-order valence-corrected chi connectivity index (χ2v) is 19.0. The summed E-state index contributed by atoms with van der Waals surface area (Å²) in [7, 11) is -2.19. The number of amides is 1. The van der Waals surface area contributed by atoms with Gasteiger partial charge in [-0.1, -0.05) is 36.7 Å². The second kappa shape index (κ2) is 14.0. The van der Waals surface area contributed by atoms with Crippen LogP contribution in [0.1, 0.15) is 86.7 Å². The lowest BCUT2D eigenvalue weighted by Crippen LogP contribution is -2.55. The molecule has 1 amide bonds. The summed E-state index contributed by atoms with van der Waals surface area (Å²) in [5.41, 5.74) is 2.26. The first-order valence-electron chi connectivity index (χ1n) is 18.7. The van der Waals surface area contributed by atoms with Crippen molar-refractivity contribution in [3.05, 3.63) is 70.3 Å². The SMILES string of the molecule is CO[C@@]1(CC2CC(CO)(CO)C2)/C=C/C[C@H](C)[C@@H](C)S(=O)(=O)NC(=O)c2ccc3c(c2)N(C[C@@H]2CC[C@H]21)C[C@@]1(CCCc2cc(Cl)ccc21)CO3. The van der Waals surface area contributed by atoms with Crippen LogP contribution in [0.5, 0.6) is 5.75 Å².